The molecule has 2 N–H and O–H groups in total. The standard InChI is InChI=1S/C10H17NO3/c1-6(12)5-11-7-2-3-9(11)8(4-7)10(13)14/h6-9,12H,2-5H2,1H3,(H,13,14). The van der Waals surface area contributed by atoms with Gasteiger partial charge in [0.05, 0.1) is 12.0 Å². The van der Waals surface area contributed by atoms with E-state index >= 15 is 0 Å². The number of carbonyl (C=O) groups is 1. The van der Waals surface area contributed by atoms with E-state index in [1.165, 1.54) is 0 Å². The van der Waals surface area contributed by atoms with Crippen LogP contribution in [0.1, 0.15) is 26.2 Å². The SMILES string of the molecule is CC(O)CN1C2CCC1C(C(=O)O)C2. The lowest BCUT2D eigenvalue weighted by atomic mass is 9.89. The number of nitrogens with zero attached hydrogens (tertiary/aromatic N) is 1. The third-order valence-corrected chi connectivity index (χ3v) is 3.47. The Bertz CT molecular complexity index is 242. The Hall–Kier alpha value is -0.610. The minimum Gasteiger partial charge on any atom is -0.481 e. The second-order valence-electron chi connectivity index (χ2n) is 4.52. The average molecular weight is 199 g/mol. The molecule has 0 spiro atoms. The molecule has 2 bridgehead atoms. The second-order valence-corrected chi connectivity index (χ2v) is 4.52. The van der Waals surface area contributed by atoms with Gasteiger partial charge in [-0.3, -0.25) is 9.69 Å². The first-order valence-corrected chi connectivity index (χ1v) is 5.26. The third-order valence-electron chi connectivity index (χ3n) is 3.47. The van der Waals surface area contributed by atoms with E-state index in [1.54, 1.807) is 6.92 Å². The molecule has 80 valence electrons. The summed E-state index contributed by atoms with van der Waals surface area (Å²) in [5.41, 5.74) is 0. The summed E-state index contributed by atoms with van der Waals surface area (Å²) in [7, 11) is 0. The van der Waals surface area contributed by atoms with Gasteiger partial charge in [-0.1, -0.05) is 0 Å². The molecule has 0 amide bonds. The number of fused-ring (bicyclic) bond motifs is 2. The van der Waals surface area contributed by atoms with Crippen LogP contribution >= 0.6 is 0 Å². The molecular weight excluding hydrogens is 182 g/mol. The fourth-order valence-electron chi connectivity index (χ4n) is 2.96. The predicted octanol–water partition coefficient (Wildman–Crippen LogP) is 0.305. The predicted molar refractivity (Wildman–Crippen MR) is 50.9 cm³/mol. The molecule has 4 heteroatoms. The van der Waals surface area contributed by atoms with E-state index in [-0.39, 0.29) is 18.1 Å². The number of hydrogen-bond donors (Lipinski definition) is 2. The third kappa shape index (κ3) is 1.53. The molecule has 2 rings (SSSR count). The van der Waals surface area contributed by atoms with Gasteiger partial charge < -0.3 is 10.2 Å². The fourth-order valence-corrected chi connectivity index (χ4v) is 2.96. The molecule has 2 saturated heterocycles. The van der Waals surface area contributed by atoms with Crippen LogP contribution in [0.4, 0.5) is 0 Å². The summed E-state index contributed by atoms with van der Waals surface area (Å²) >= 11 is 0. The zero-order valence-electron chi connectivity index (χ0n) is 8.39. The largest absolute Gasteiger partial charge is 0.481 e. The molecule has 2 aliphatic rings. The first kappa shape index (κ1) is 9.93. The number of carboxylic acids is 1. The van der Waals surface area contributed by atoms with Gasteiger partial charge in [0.2, 0.25) is 0 Å². The first-order chi connectivity index (χ1) is 6.59. The Morgan fingerprint density at radius 2 is 2.29 bits per heavy atom. The summed E-state index contributed by atoms with van der Waals surface area (Å²) < 4.78 is 0. The van der Waals surface area contributed by atoms with Gasteiger partial charge in [0.15, 0.2) is 0 Å². The Morgan fingerprint density at radius 3 is 2.79 bits per heavy atom. The topological polar surface area (TPSA) is 60.8 Å². The molecule has 0 radical (unpaired) electrons. The van der Waals surface area contributed by atoms with Crippen LogP contribution in [0, 0.1) is 5.92 Å². The minimum absolute atomic E-state index is 0.173. The van der Waals surface area contributed by atoms with Crippen LogP contribution in [0.25, 0.3) is 0 Å². The van der Waals surface area contributed by atoms with Gasteiger partial charge in [-0.15, -0.1) is 0 Å². The van der Waals surface area contributed by atoms with Crippen molar-refractivity contribution in [3.63, 3.8) is 0 Å². The van der Waals surface area contributed by atoms with E-state index in [0.717, 1.165) is 19.3 Å². The summed E-state index contributed by atoms with van der Waals surface area (Å²) in [4.78, 5) is 13.1. The molecule has 0 aliphatic carbocycles. The monoisotopic (exact) mass is 199 g/mol. The molecule has 0 aromatic rings. The minimum atomic E-state index is -0.673. The van der Waals surface area contributed by atoms with E-state index in [2.05, 4.69) is 4.90 Å². The number of aliphatic carboxylic acids is 1. The van der Waals surface area contributed by atoms with Crippen LogP contribution in [0.15, 0.2) is 0 Å². The zero-order chi connectivity index (χ0) is 10.3. The van der Waals surface area contributed by atoms with Crippen molar-refractivity contribution in [2.24, 2.45) is 5.92 Å². The van der Waals surface area contributed by atoms with E-state index in [1.807, 2.05) is 0 Å². The molecule has 4 atom stereocenters. The molecule has 2 fully saturated rings. The summed E-state index contributed by atoms with van der Waals surface area (Å²) in [5, 5.41) is 18.3. The molecule has 0 saturated carbocycles. The molecule has 0 aromatic heterocycles. The lowest BCUT2D eigenvalue weighted by Gasteiger charge is -2.23. The number of aliphatic hydroxyl groups excluding tert-OH is 1. The second kappa shape index (κ2) is 3.51. The number of aliphatic hydroxyl groups is 1. The highest BCUT2D eigenvalue weighted by Crippen LogP contribution is 2.41. The Morgan fingerprint density at radius 1 is 1.57 bits per heavy atom. The van der Waals surface area contributed by atoms with Gasteiger partial charge in [-0.2, -0.15) is 0 Å². The van der Waals surface area contributed by atoms with Gasteiger partial charge in [-0.05, 0) is 26.2 Å². The maximum atomic E-state index is 10.9. The molecular formula is C10H17NO3. The molecule has 4 unspecified atom stereocenters. The van der Waals surface area contributed by atoms with Crippen molar-refractivity contribution in [2.45, 2.75) is 44.4 Å². The van der Waals surface area contributed by atoms with Crippen molar-refractivity contribution in [1.29, 1.82) is 0 Å². The van der Waals surface area contributed by atoms with Crippen LogP contribution in [-0.2, 0) is 4.79 Å². The maximum absolute atomic E-state index is 10.9. The molecule has 0 aromatic carbocycles. The van der Waals surface area contributed by atoms with E-state index in [4.69, 9.17) is 5.11 Å². The van der Waals surface area contributed by atoms with Crippen molar-refractivity contribution in [1.82, 2.24) is 4.90 Å². The van der Waals surface area contributed by atoms with Crippen molar-refractivity contribution >= 4 is 5.97 Å². The highest BCUT2D eigenvalue weighted by Gasteiger charge is 2.49. The number of carboxylic acid groups (broad SMARTS) is 1. The normalized spacial score (nSPS) is 38.9. The van der Waals surface area contributed by atoms with Crippen molar-refractivity contribution in [2.75, 3.05) is 6.54 Å². The van der Waals surface area contributed by atoms with Gasteiger partial charge >= 0.3 is 5.97 Å². The highest BCUT2D eigenvalue weighted by atomic mass is 16.4. The Kier molecular flexibility index (Phi) is 2.49. The van der Waals surface area contributed by atoms with Gasteiger partial charge in [0.1, 0.15) is 0 Å². The van der Waals surface area contributed by atoms with Crippen molar-refractivity contribution in [3.8, 4) is 0 Å². The van der Waals surface area contributed by atoms with Crippen LogP contribution in [0.2, 0.25) is 0 Å². The van der Waals surface area contributed by atoms with E-state index < -0.39 is 5.97 Å². The van der Waals surface area contributed by atoms with E-state index in [0.29, 0.717) is 12.6 Å². The van der Waals surface area contributed by atoms with E-state index in [9.17, 15) is 9.90 Å². The van der Waals surface area contributed by atoms with Crippen LogP contribution in [0.3, 0.4) is 0 Å². The summed E-state index contributed by atoms with van der Waals surface area (Å²) in [6, 6.07) is 0.572. The summed E-state index contributed by atoms with van der Waals surface area (Å²) in [6.07, 6.45) is 2.49. The summed E-state index contributed by atoms with van der Waals surface area (Å²) in [6.45, 7) is 2.38. The first-order valence-electron chi connectivity index (χ1n) is 5.26. The number of rotatable bonds is 3. The summed E-state index contributed by atoms with van der Waals surface area (Å²) in [5.74, 6) is -0.875. The average Bonchev–Trinajstić information content (AvgIpc) is 2.61. The maximum Gasteiger partial charge on any atom is 0.308 e. The molecule has 2 heterocycles. The molecule has 2 aliphatic heterocycles. The molecule has 14 heavy (non-hydrogen) atoms. The quantitative estimate of drug-likeness (QED) is 0.686. The molecule has 4 nitrogen and oxygen atoms in total. The fraction of sp³-hybridized carbons (Fsp3) is 0.900. The van der Waals surface area contributed by atoms with Crippen LogP contribution in [0.5, 0.6) is 0 Å². The van der Waals surface area contributed by atoms with Crippen LogP contribution in [-0.4, -0.2) is 45.8 Å². The Balaban J connectivity index is 2.04. The van der Waals surface area contributed by atoms with Gasteiger partial charge in [-0.25, -0.2) is 0 Å². The van der Waals surface area contributed by atoms with Crippen molar-refractivity contribution in [3.05, 3.63) is 0 Å². The van der Waals surface area contributed by atoms with Crippen molar-refractivity contribution < 1.29 is 15.0 Å². The lowest BCUT2D eigenvalue weighted by Crippen LogP contribution is -2.37. The van der Waals surface area contributed by atoms with Gasteiger partial charge in [0, 0.05) is 18.6 Å². The smallest absolute Gasteiger partial charge is 0.308 e. The lowest BCUT2D eigenvalue weighted by molar-refractivity contribution is -0.142. The highest BCUT2D eigenvalue weighted by molar-refractivity contribution is 5.71. The number of hydrogen-bond acceptors (Lipinski definition) is 3. The van der Waals surface area contributed by atoms with Gasteiger partial charge in [0.25, 0.3) is 0 Å². The zero-order valence-corrected chi connectivity index (χ0v) is 8.39. The van der Waals surface area contributed by atoms with Crippen LogP contribution < -0.4 is 0 Å². The Labute approximate surface area is 83.5 Å².